The second-order valence-corrected chi connectivity index (χ2v) is 4.62. The highest BCUT2D eigenvalue weighted by Gasteiger charge is 2.03. The van der Waals surface area contributed by atoms with Crippen LogP contribution < -0.4 is 16.0 Å². The van der Waals surface area contributed by atoms with Gasteiger partial charge in [0, 0.05) is 6.04 Å². The van der Waals surface area contributed by atoms with Gasteiger partial charge >= 0.3 is 6.03 Å². The highest BCUT2D eigenvalue weighted by molar-refractivity contribution is 5.89. The van der Waals surface area contributed by atoms with E-state index in [-0.39, 0.29) is 12.1 Å². The molecule has 2 amide bonds. The Morgan fingerprint density at radius 1 is 1.35 bits per heavy atom. The number of pyridine rings is 1. The first kappa shape index (κ1) is 13.9. The van der Waals surface area contributed by atoms with Crippen LogP contribution in [0, 0.1) is 0 Å². The fourth-order valence-corrected chi connectivity index (χ4v) is 1.59. The number of aromatic nitrogens is 1. The Morgan fingerprint density at radius 3 is 2.80 bits per heavy atom. The summed E-state index contributed by atoms with van der Waals surface area (Å²) in [4.78, 5) is 15.7. The van der Waals surface area contributed by atoms with E-state index in [1.165, 1.54) is 0 Å². The molecular weight excluding hydrogens is 256 g/mol. The van der Waals surface area contributed by atoms with Crippen LogP contribution in [0.15, 0.2) is 41.1 Å². The van der Waals surface area contributed by atoms with Gasteiger partial charge in [0.1, 0.15) is 11.6 Å². The van der Waals surface area contributed by atoms with Crippen LogP contribution in [0.1, 0.15) is 19.6 Å². The van der Waals surface area contributed by atoms with Crippen LogP contribution in [0.2, 0.25) is 0 Å². The Labute approximate surface area is 117 Å². The minimum Gasteiger partial charge on any atom is -0.467 e. The summed E-state index contributed by atoms with van der Waals surface area (Å²) >= 11 is 0. The lowest BCUT2D eigenvalue weighted by molar-refractivity contribution is 0.250. The SMILES string of the molecule is CC(C)NC(=O)Nc1ccc(NCc2ccco2)nc1. The third kappa shape index (κ3) is 4.31. The van der Waals surface area contributed by atoms with E-state index in [1.807, 2.05) is 26.0 Å². The molecule has 0 unspecified atom stereocenters. The van der Waals surface area contributed by atoms with Crippen molar-refractivity contribution in [1.29, 1.82) is 0 Å². The number of amides is 2. The molecule has 6 heteroatoms. The predicted molar refractivity (Wildman–Crippen MR) is 77.6 cm³/mol. The molecule has 2 heterocycles. The molecule has 0 aromatic carbocycles. The second-order valence-electron chi connectivity index (χ2n) is 4.62. The molecule has 6 nitrogen and oxygen atoms in total. The minimum absolute atomic E-state index is 0.0946. The number of anilines is 2. The highest BCUT2D eigenvalue weighted by atomic mass is 16.3. The maximum atomic E-state index is 11.5. The molecule has 0 spiro atoms. The Hall–Kier alpha value is -2.50. The van der Waals surface area contributed by atoms with Crippen LogP contribution in [-0.4, -0.2) is 17.1 Å². The van der Waals surface area contributed by atoms with E-state index in [2.05, 4.69) is 20.9 Å². The van der Waals surface area contributed by atoms with E-state index in [4.69, 9.17) is 4.42 Å². The molecule has 2 rings (SSSR count). The van der Waals surface area contributed by atoms with Crippen LogP contribution in [0.25, 0.3) is 0 Å². The Bertz CT molecular complexity index is 535. The van der Waals surface area contributed by atoms with Crippen molar-refractivity contribution in [1.82, 2.24) is 10.3 Å². The largest absolute Gasteiger partial charge is 0.467 e. The van der Waals surface area contributed by atoms with Gasteiger partial charge in [-0.05, 0) is 38.1 Å². The third-order valence-corrected chi connectivity index (χ3v) is 2.46. The number of carbonyl (C=O) groups excluding carboxylic acids is 1. The topological polar surface area (TPSA) is 79.2 Å². The summed E-state index contributed by atoms with van der Waals surface area (Å²) in [6.45, 7) is 4.37. The lowest BCUT2D eigenvalue weighted by Gasteiger charge is -2.10. The zero-order chi connectivity index (χ0) is 14.4. The summed E-state index contributed by atoms with van der Waals surface area (Å²) < 4.78 is 5.21. The maximum Gasteiger partial charge on any atom is 0.319 e. The molecule has 2 aromatic heterocycles. The van der Waals surface area contributed by atoms with Crippen LogP contribution in [0.5, 0.6) is 0 Å². The molecule has 0 saturated carbocycles. The average Bonchev–Trinajstić information content (AvgIpc) is 2.90. The van der Waals surface area contributed by atoms with Crippen molar-refractivity contribution in [2.75, 3.05) is 10.6 Å². The summed E-state index contributed by atoms with van der Waals surface area (Å²) in [5.41, 5.74) is 0.645. The van der Waals surface area contributed by atoms with Crippen molar-refractivity contribution >= 4 is 17.5 Å². The number of hydrogen-bond acceptors (Lipinski definition) is 4. The molecule has 20 heavy (non-hydrogen) atoms. The average molecular weight is 274 g/mol. The molecule has 0 aliphatic rings. The summed E-state index contributed by atoms with van der Waals surface area (Å²) in [7, 11) is 0. The maximum absolute atomic E-state index is 11.5. The lowest BCUT2D eigenvalue weighted by Crippen LogP contribution is -2.34. The molecule has 0 radical (unpaired) electrons. The molecule has 0 fully saturated rings. The standard InChI is InChI=1S/C14H18N4O2/c1-10(2)17-14(19)18-11-5-6-13(15-8-11)16-9-12-4-3-7-20-12/h3-8,10H,9H2,1-2H3,(H,15,16)(H2,17,18,19). The fraction of sp³-hybridized carbons (Fsp3) is 0.286. The lowest BCUT2D eigenvalue weighted by atomic mass is 10.4. The van der Waals surface area contributed by atoms with Crippen molar-refractivity contribution in [3.63, 3.8) is 0 Å². The summed E-state index contributed by atoms with van der Waals surface area (Å²) in [6.07, 6.45) is 3.23. The quantitative estimate of drug-likeness (QED) is 0.783. The van der Waals surface area contributed by atoms with Gasteiger partial charge in [-0.1, -0.05) is 0 Å². The minimum atomic E-state index is -0.238. The number of rotatable bonds is 5. The molecule has 0 aliphatic heterocycles. The molecule has 0 aliphatic carbocycles. The van der Waals surface area contributed by atoms with Gasteiger partial charge in [-0.15, -0.1) is 0 Å². The number of carbonyl (C=O) groups is 1. The van der Waals surface area contributed by atoms with Gasteiger partial charge in [-0.25, -0.2) is 9.78 Å². The van der Waals surface area contributed by atoms with E-state index in [0.29, 0.717) is 12.2 Å². The van der Waals surface area contributed by atoms with Crippen molar-refractivity contribution in [2.24, 2.45) is 0 Å². The third-order valence-electron chi connectivity index (χ3n) is 2.46. The van der Waals surface area contributed by atoms with Gasteiger partial charge in [-0.2, -0.15) is 0 Å². The first-order chi connectivity index (χ1) is 9.63. The monoisotopic (exact) mass is 274 g/mol. The number of hydrogen-bond donors (Lipinski definition) is 3. The summed E-state index contributed by atoms with van der Waals surface area (Å²) in [5.74, 6) is 1.56. The molecule has 3 N–H and O–H groups in total. The van der Waals surface area contributed by atoms with Crippen molar-refractivity contribution in [3.05, 3.63) is 42.5 Å². The molecule has 0 atom stereocenters. The van der Waals surface area contributed by atoms with Gasteiger partial charge in [0.15, 0.2) is 0 Å². The van der Waals surface area contributed by atoms with E-state index >= 15 is 0 Å². The number of furan rings is 1. The van der Waals surface area contributed by atoms with E-state index in [1.54, 1.807) is 24.6 Å². The Balaban J connectivity index is 1.84. The summed E-state index contributed by atoms with van der Waals surface area (Å²) in [6, 6.07) is 7.17. The van der Waals surface area contributed by atoms with Crippen LogP contribution in [0.3, 0.4) is 0 Å². The number of nitrogens with zero attached hydrogens (tertiary/aromatic N) is 1. The molecule has 106 valence electrons. The van der Waals surface area contributed by atoms with Crippen molar-refractivity contribution in [3.8, 4) is 0 Å². The van der Waals surface area contributed by atoms with Crippen molar-refractivity contribution in [2.45, 2.75) is 26.4 Å². The van der Waals surface area contributed by atoms with Crippen LogP contribution in [-0.2, 0) is 6.54 Å². The molecule has 0 bridgehead atoms. The second kappa shape index (κ2) is 6.60. The van der Waals surface area contributed by atoms with Crippen LogP contribution >= 0.6 is 0 Å². The Morgan fingerprint density at radius 2 is 2.20 bits per heavy atom. The zero-order valence-electron chi connectivity index (χ0n) is 11.5. The Kier molecular flexibility index (Phi) is 4.60. The first-order valence-corrected chi connectivity index (χ1v) is 6.43. The number of urea groups is 1. The smallest absolute Gasteiger partial charge is 0.319 e. The van der Waals surface area contributed by atoms with E-state index in [0.717, 1.165) is 11.6 Å². The molecule has 2 aromatic rings. The van der Waals surface area contributed by atoms with Gasteiger partial charge in [0.2, 0.25) is 0 Å². The van der Waals surface area contributed by atoms with Crippen molar-refractivity contribution < 1.29 is 9.21 Å². The first-order valence-electron chi connectivity index (χ1n) is 6.43. The van der Waals surface area contributed by atoms with Gasteiger partial charge < -0.3 is 20.4 Å². The van der Waals surface area contributed by atoms with E-state index < -0.39 is 0 Å². The fourth-order valence-electron chi connectivity index (χ4n) is 1.59. The normalized spacial score (nSPS) is 10.3. The van der Waals surface area contributed by atoms with Crippen LogP contribution in [0.4, 0.5) is 16.3 Å². The summed E-state index contributed by atoms with van der Waals surface area (Å²) in [5, 5.41) is 8.58. The number of nitrogens with one attached hydrogen (secondary N) is 3. The van der Waals surface area contributed by atoms with Gasteiger partial charge in [0.05, 0.1) is 24.7 Å². The van der Waals surface area contributed by atoms with Gasteiger partial charge in [0.25, 0.3) is 0 Å². The highest BCUT2D eigenvalue weighted by Crippen LogP contribution is 2.11. The molecule has 0 saturated heterocycles. The van der Waals surface area contributed by atoms with E-state index in [9.17, 15) is 4.79 Å². The predicted octanol–water partition coefficient (Wildman–Crippen LogP) is 2.82. The van der Waals surface area contributed by atoms with Gasteiger partial charge in [-0.3, -0.25) is 0 Å². The molecular formula is C14H18N4O2. The zero-order valence-corrected chi connectivity index (χ0v) is 11.5.